The van der Waals surface area contributed by atoms with Gasteiger partial charge in [0.05, 0.1) is 12.7 Å². The molecule has 0 saturated heterocycles. The highest BCUT2D eigenvalue weighted by Gasteiger charge is 2.35. The highest BCUT2D eigenvalue weighted by atomic mass is 16.5. The Morgan fingerprint density at radius 3 is 2.62 bits per heavy atom. The van der Waals surface area contributed by atoms with Gasteiger partial charge in [0.1, 0.15) is 11.9 Å². The summed E-state index contributed by atoms with van der Waals surface area (Å²) in [5.41, 5.74) is 0.684. The van der Waals surface area contributed by atoms with Crippen LogP contribution in [-0.4, -0.2) is 22.9 Å². The van der Waals surface area contributed by atoms with Gasteiger partial charge in [0, 0.05) is 5.56 Å². The lowest BCUT2D eigenvalue weighted by molar-refractivity contribution is 0.00338. The SMILES string of the molecule is CCOc1ccccc1C(O)C(O)C1CC1. The molecule has 88 valence electrons. The van der Waals surface area contributed by atoms with Crippen LogP contribution in [0.2, 0.25) is 0 Å². The fourth-order valence-electron chi connectivity index (χ4n) is 1.89. The van der Waals surface area contributed by atoms with E-state index in [-0.39, 0.29) is 5.92 Å². The molecule has 3 heteroatoms. The highest BCUT2D eigenvalue weighted by molar-refractivity contribution is 5.35. The molecule has 0 amide bonds. The number of aliphatic hydroxyl groups is 2. The molecular formula is C13H18O3. The van der Waals surface area contributed by atoms with Crippen molar-refractivity contribution in [1.82, 2.24) is 0 Å². The maximum atomic E-state index is 10.1. The average Bonchev–Trinajstić information content (AvgIpc) is 3.12. The van der Waals surface area contributed by atoms with Gasteiger partial charge in [-0.15, -0.1) is 0 Å². The summed E-state index contributed by atoms with van der Waals surface area (Å²) >= 11 is 0. The summed E-state index contributed by atoms with van der Waals surface area (Å²) in [4.78, 5) is 0. The van der Waals surface area contributed by atoms with E-state index in [0.29, 0.717) is 17.9 Å². The number of rotatable bonds is 5. The summed E-state index contributed by atoms with van der Waals surface area (Å²) < 4.78 is 5.44. The third kappa shape index (κ3) is 2.36. The predicted octanol–water partition coefficient (Wildman–Crippen LogP) is 1.89. The Balaban J connectivity index is 2.17. The molecule has 2 rings (SSSR count). The molecule has 3 nitrogen and oxygen atoms in total. The lowest BCUT2D eigenvalue weighted by atomic mass is 10.0. The first-order valence-corrected chi connectivity index (χ1v) is 5.82. The highest BCUT2D eigenvalue weighted by Crippen LogP contribution is 2.39. The van der Waals surface area contributed by atoms with Crippen LogP contribution in [0, 0.1) is 5.92 Å². The van der Waals surface area contributed by atoms with Crippen LogP contribution in [-0.2, 0) is 0 Å². The zero-order chi connectivity index (χ0) is 11.5. The van der Waals surface area contributed by atoms with Crippen molar-refractivity contribution in [2.45, 2.75) is 32.0 Å². The smallest absolute Gasteiger partial charge is 0.125 e. The Morgan fingerprint density at radius 1 is 1.31 bits per heavy atom. The molecule has 16 heavy (non-hydrogen) atoms. The molecule has 0 radical (unpaired) electrons. The minimum absolute atomic E-state index is 0.254. The van der Waals surface area contributed by atoms with Crippen molar-refractivity contribution in [3.8, 4) is 5.75 Å². The minimum atomic E-state index is -0.838. The summed E-state index contributed by atoms with van der Waals surface area (Å²) in [7, 11) is 0. The molecule has 1 aromatic carbocycles. The van der Waals surface area contributed by atoms with Crippen molar-refractivity contribution in [3.63, 3.8) is 0 Å². The molecule has 1 aliphatic rings. The number of aliphatic hydroxyl groups excluding tert-OH is 2. The second-order valence-electron chi connectivity index (χ2n) is 4.24. The first-order valence-electron chi connectivity index (χ1n) is 5.82. The molecule has 0 heterocycles. The van der Waals surface area contributed by atoms with Crippen LogP contribution in [0.5, 0.6) is 5.75 Å². The molecule has 2 N–H and O–H groups in total. The normalized spacial score (nSPS) is 19.2. The van der Waals surface area contributed by atoms with E-state index in [0.717, 1.165) is 12.8 Å². The first kappa shape index (κ1) is 11.4. The van der Waals surface area contributed by atoms with Gasteiger partial charge >= 0.3 is 0 Å². The standard InChI is InChI=1S/C13H18O3/c1-2-16-11-6-4-3-5-10(11)13(15)12(14)9-7-8-9/h3-6,9,12-15H,2,7-8H2,1H3. The number of benzene rings is 1. The van der Waals surface area contributed by atoms with Crippen LogP contribution in [0.1, 0.15) is 31.4 Å². The van der Waals surface area contributed by atoms with Gasteiger partial charge in [0.2, 0.25) is 0 Å². The van der Waals surface area contributed by atoms with Gasteiger partial charge < -0.3 is 14.9 Å². The van der Waals surface area contributed by atoms with E-state index in [1.165, 1.54) is 0 Å². The minimum Gasteiger partial charge on any atom is -0.493 e. The number of ether oxygens (including phenoxy) is 1. The Hall–Kier alpha value is -1.06. The number of hydrogen-bond donors (Lipinski definition) is 2. The van der Waals surface area contributed by atoms with Gasteiger partial charge in [0.25, 0.3) is 0 Å². The van der Waals surface area contributed by atoms with E-state index in [4.69, 9.17) is 4.74 Å². The van der Waals surface area contributed by atoms with Crippen LogP contribution < -0.4 is 4.74 Å². The molecule has 0 bridgehead atoms. The van der Waals surface area contributed by atoms with Gasteiger partial charge in [-0.2, -0.15) is 0 Å². The van der Waals surface area contributed by atoms with E-state index in [9.17, 15) is 10.2 Å². The maximum absolute atomic E-state index is 10.1. The largest absolute Gasteiger partial charge is 0.493 e. The monoisotopic (exact) mass is 222 g/mol. The molecule has 0 aliphatic heterocycles. The second-order valence-corrected chi connectivity index (χ2v) is 4.24. The quantitative estimate of drug-likeness (QED) is 0.800. The molecule has 0 spiro atoms. The van der Waals surface area contributed by atoms with Crippen LogP contribution in [0.15, 0.2) is 24.3 Å². The van der Waals surface area contributed by atoms with Gasteiger partial charge in [-0.1, -0.05) is 18.2 Å². The van der Waals surface area contributed by atoms with Gasteiger partial charge in [0.15, 0.2) is 0 Å². The van der Waals surface area contributed by atoms with Crippen molar-refractivity contribution in [2.75, 3.05) is 6.61 Å². The first-order chi connectivity index (χ1) is 7.74. The van der Waals surface area contributed by atoms with Gasteiger partial charge in [-0.25, -0.2) is 0 Å². The van der Waals surface area contributed by atoms with E-state index in [2.05, 4.69) is 0 Å². The Labute approximate surface area is 95.7 Å². The van der Waals surface area contributed by atoms with Crippen LogP contribution >= 0.6 is 0 Å². The lowest BCUT2D eigenvalue weighted by Gasteiger charge is -2.20. The van der Waals surface area contributed by atoms with Crippen molar-refractivity contribution >= 4 is 0 Å². The molecule has 1 aromatic rings. The summed E-state index contributed by atoms with van der Waals surface area (Å²) in [6.07, 6.45) is 0.515. The second kappa shape index (κ2) is 4.85. The number of hydrogen-bond acceptors (Lipinski definition) is 3. The van der Waals surface area contributed by atoms with Crippen LogP contribution in [0.25, 0.3) is 0 Å². The van der Waals surface area contributed by atoms with Crippen molar-refractivity contribution in [2.24, 2.45) is 5.92 Å². The van der Waals surface area contributed by atoms with Crippen molar-refractivity contribution in [1.29, 1.82) is 0 Å². The summed E-state index contributed by atoms with van der Waals surface area (Å²) in [6, 6.07) is 7.34. The Morgan fingerprint density at radius 2 is 2.00 bits per heavy atom. The molecule has 1 aliphatic carbocycles. The Kier molecular flexibility index (Phi) is 3.46. The van der Waals surface area contributed by atoms with E-state index in [1.54, 1.807) is 6.07 Å². The van der Waals surface area contributed by atoms with Gasteiger partial charge in [-0.05, 0) is 31.7 Å². The Bertz CT molecular complexity index is 347. The van der Waals surface area contributed by atoms with Crippen LogP contribution in [0.4, 0.5) is 0 Å². The zero-order valence-electron chi connectivity index (χ0n) is 9.47. The molecule has 2 unspecified atom stereocenters. The fraction of sp³-hybridized carbons (Fsp3) is 0.538. The van der Waals surface area contributed by atoms with E-state index >= 15 is 0 Å². The summed E-state index contributed by atoms with van der Waals surface area (Å²) in [6.45, 7) is 2.46. The zero-order valence-corrected chi connectivity index (χ0v) is 9.47. The third-order valence-corrected chi connectivity index (χ3v) is 2.97. The fourth-order valence-corrected chi connectivity index (χ4v) is 1.89. The van der Waals surface area contributed by atoms with Crippen LogP contribution in [0.3, 0.4) is 0 Å². The molecule has 1 saturated carbocycles. The molecular weight excluding hydrogens is 204 g/mol. The van der Waals surface area contributed by atoms with Gasteiger partial charge in [-0.3, -0.25) is 0 Å². The number of para-hydroxylation sites is 1. The summed E-state index contributed by atoms with van der Waals surface area (Å²) in [5, 5.41) is 20.0. The van der Waals surface area contributed by atoms with Crippen molar-refractivity contribution in [3.05, 3.63) is 29.8 Å². The molecule has 2 atom stereocenters. The predicted molar refractivity (Wildman–Crippen MR) is 61.3 cm³/mol. The van der Waals surface area contributed by atoms with Crippen molar-refractivity contribution < 1.29 is 14.9 Å². The third-order valence-electron chi connectivity index (χ3n) is 2.97. The lowest BCUT2D eigenvalue weighted by Crippen LogP contribution is -2.20. The van der Waals surface area contributed by atoms with E-state index in [1.807, 2.05) is 25.1 Å². The summed E-state index contributed by atoms with van der Waals surface area (Å²) in [5.74, 6) is 0.918. The molecule has 0 aromatic heterocycles. The topological polar surface area (TPSA) is 49.7 Å². The maximum Gasteiger partial charge on any atom is 0.125 e. The van der Waals surface area contributed by atoms with E-state index < -0.39 is 12.2 Å². The average molecular weight is 222 g/mol. The molecule has 1 fully saturated rings.